The zero-order valence-corrected chi connectivity index (χ0v) is 17.7. The summed E-state index contributed by atoms with van der Waals surface area (Å²) in [5.74, 6) is 2.76. The van der Waals surface area contributed by atoms with Crippen molar-refractivity contribution in [2.45, 2.75) is 19.1 Å². The molecule has 4 rings (SSSR count). The molecule has 4 aromatic rings. The number of ether oxygens (including phenoxy) is 3. The Bertz CT molecular complexity index is 1120. The highest BCUT2D eigenvalue weighted by Gasteiger charge is 2.15. The van der Waals surface area contributed by atoms with Crippen LogP contribution >= 0.6 is 0 Å². The molecular weight excluding hydrogens is 392 g/mol. The van der Waals surface area contributed by atoms with Crippen molar-refractivity contribution in [2.75, 3.05) is 20.8 Å². The maximum Gasteiger partial charge on any atom is 0.126 e. The Morgan fingerprint density at radius 1 is 0.871 bits per heavy atom. The third-order valence-electron chi connectivity index (χ3n) is 5.10. The van der Waals surface area contributed by atoms with E-state index in [1.54, 1.807) is 32.4 Å². The molecule has 1 atom stereocenters. The average Bonchev–Trinajstić information content (AvgIpc) is 3.14. The van der Waals surface area contributed by atoms with Crippen LogP contribution in [0.4, 0.5) is 0 Å². The Morgan fingerprint density at radius 3 is 2.23 bits per heavy atom. The quantitative estimate of drug-likeness (QED) is 0.444. The van der Waals surface area contributed by atoms with Gasteiger partial charge in [-0.3, -0.25) is 0 Å². The minimum Gasteiger partial charge on any atom is -0.496 e. The number of fused-ring (bicyclic) bond motifs is 1. The van der Waals surface area contributed by atoms with E-state index in [4.69, 9.17) is 19.2 Å². The molecule has 160 valence electrons. The van der Waals surface area contributed by atoms with E-state index in [1.165, 1.54) is 5.56 Å². The number of nitrogens with zero attached hydrogens (tertiary/aromatic N) is 2. The Balaban J connectivity index is 1.52. The number of para-hydroxylation sites is 2. The van der Waals surface area contributed by atoms with Crippen LogP contribution in [0.5, 0.6) is 17.2 Å². The van der Waals surface area contributed by atoms with Gasteiger partial charge in [0.25, 0.3) is 0 Å². The predicted molar refractivity (Wildman–Crippen MR) is 120 cm³/mol. The molecule has 0 amide bonds. The summed E-state index contributed by atoms with van der Waals surface area (Å²) in [5, 5.41) is 10.7. The van der Waals surface area contributed by atoms with E-state index in [0.717, 1.165) is 16.9 Å². The van der Waals surface area contributed by atoms with Gasteiger partial charge in [0.05, 0.1) is 31.8 Å². The Morgan fingerprint density at radius 2 is 1.52 bits per heavy atom. The van der Waals surface area contributed by atoms with Crippen molar-refractivity contribution in [1.29, 1.82) is 0 Å². The number of hydrogen-bond acceptors (Lipinski definition) is 5. The monoisotopic (exact) mass is 418 g/mol. The average molecular weight is 418 g/mol. The second-order valence-corrected chi connectivity index (χ2v) is 7.30. The molecule has 0 aliphatic rings. The number of aliphatic hydroxyl groups is 1. The van der Waals surface area contributed by atoms with Crippen molar-refractivity contribution < 1.29 is 19.3 Å². The highest BCUT2D eigenvalue weighted by Crippen LogP contribution is 2.27. The van der Waals surface area contributed by atoms with Gasteiger partial charge in [-0.15, -0.1) is 0 Å². The standard InChI is InChI=1S/C25H26N2O4/c1-29-20-13-21(30-2)15-22(14-20)31-17-19(28)16-27-24-11-7-6-10-23(24)26-25(27)12-18-8-4-3-5-9-18/h3-11,13-15,19,28H,12,16-17H2,1-2H3/t19-/m1/s1. The topological polar surface area (TPSA) is 65.7 Å². The van der Waals surface area contributed by atoms with E-state index >= 15 is 0 Å². The van der Waals surface area contributed by atoms with Gasteiger partial charge >= 0.3 is 0 Å². The number of aliphatic hydroxyl groups excluding tert-OH is 1. The van der Waals surface area contributed by atoms with Crippen LogP contribution in [0.3, 0.4) is 0 Å². The van der Waals surface area contributed by atoms with Crippen molar-refractivity contribution in [3.05, 3.63) is 84.2 Å². The Kier molecular flexibility index (Phi) is 6.38. The van der Waals surface area contributed by atoms with Gasteiger partial charge in [0, 0.05) is 24.6 Å². The summed E-state index contributed by atoms with van der Waals surface area (Å²) in [6.07, 6.45) is -0.0276. The maximum absolute atomic E-state index is 10.7. The van der Waals surface area contributed by atoms with Crippen molar-refractivity contribution >= 4 is 11.0 Å². The zero-order chi connectivity index (χ0) is 21.6. The normalized spacial score (nSPS) is 12.0. The van der Waals surface area contributed by atoms with E-state index in [9.17, 15) is 5.11 Å². The molecule has 0 radical (unpaired) electrons. The van der Waals surface area contributed by atoms with Gasteiger partial charge in [-0.05, 0) is 17.7 Å². The van der Waals surface area contributed by atoms with Crippen LogP contribution in [0.2, 0.25) is 0 Å². The Hall–Kier alpha value is -3.51. The number of aromatic nitrogens is 2. The third-order valence-corrected chi connectivity index (χ3v) is 5.10. The second kappa shape index (κ2) is 9.53. The lowest BCUT2D eigenvalue weighted by Crippen LogP contribution is -2.24. The summed E-state index contributed by atoms with van der Waals surface area (Å²) >= 11 is 0. The molecule has 6 nitrogen and oxygen atoms in total. The highest BCUT2D eigenvalue weighted by atomic mass is 16.5. The lowest BCUT2D eigenvalue weighted by Gasteiger charge is -2.16. The summed E-state index contributed by atoms with van der Waals surface area (Å²) in [6.45, 7) is 0.511. The second-order valence-electron chi connectivity index (χ2n) is 7.30. The zero-order valence-electron chi connectivity index (χ0n) is 17.7. The molecule has 0 aliphatic carbocycles. The lowest BCUT2D eigenvalue weighted by atomic mass is 10.1. The minimum atomic E-state index is -0.718. The number of hydrogen-bond donors (Lipinski definition) is 1. The first-order valence-electron chi connectivity index (χ1n) is 10.2. The van der Waals surface area contributed by atoms with Gasteiger partial charge in [-0.1, -0.05) is 42.5 Å². The first-order chi connectivity index (χ1) is 15.2. The maximum atomic E-state index is 10.7. The molecule has 1 N–H and O–H groups in total. The van der Waals surface area contributed by atoms with Crippen LogP contribution in [-0.2, 0) is 13.0 Å². The molecule has 0 bridgehead atoms. The predicted octanol–water partition coefficient (Wildman–Crippen LogP) is 4.08. The van der Waals surface area contributed by atoms with E-state index in [2.05, 4.69) is 16.7 Å². The first-order valence-corrected chi connectivity index (χ1v) is 10.2. The van der Waals surface area contributed by atoms with E-state index in [0.29, 0.717) is 30.2 Å². The number of imidazole rings is 1. The van der Waals surface area contributed by atoms with Gasteiger partial charge in [0.1, 0.15) is 35.8 Å². The highest BCUT2D eigenvalue weighted by molar-refractivity contribution is 5.76. The van der Waals surface area contributed by atoms with Crippen LogP contribution in [-0.4, -0.2) is 41.6 Å². The summed E-state index contributed by atoms with van der Waals surface area (Å²) < 4.78 is 18.5. The summed E-state index contributed by atoms with van der Waals surface area (Å²) in [7, 11) is 3.18. The SMILES string of the molecule is COc1cc(OC)cc(OC[C@H](O)Cn2c(Cc3ccccc3)nc3ccccc32)c1. The minimum absolute atomic E-state index is 0.133. The molecule has 0 unspecified atom stereocenters. The smallest absolute Gasteiger partial charge is 0.126 e. The summed E-state index contributed by atoms with van der Waals surface area (Å²) in [5.41, 5.74) is 3.09. The van der Waals surface area contributed by atoms with Crippen LogP contribution in [0.25, 0.3) is 11.0 Å². The molecule has 31 heavy (non-hydrogen) atoms. The van der Waals surface area contributed by atoms with Gasteiger partial charge in [-0.25, -0.2) is 4.98 Å². The van der Waals surface area contributed by atoms with Crippen molar-refractivity contribution in [3.8, 4) is 17.2 Å². The van der Waals surface area contributed by atoms with Crippen LogP contribution in [0.1, 0.15) is 11.4 Å². The van der Waals surface area contributed by atoms with Gasteiger partial charge in [0.15, 0.2) is 0 Å². The molecule has 1 aromatic heterocycles. The van der Waals surface area contributed by atoms with Gasteiger partial charge in [0.2, 0.25) is 0 Å². The summed E-state index contributed by atoms with van der Waals surface area (Å²) in [6, 6.07) is 23.5. The number of benzene rings is 3. The molecule has 1 heterocycles. The largest absolute Gasteiger partial charge is 0.496 e. The summed E-state index contributed by atoms with van der Waals surface area (Å²) in [4.78, 5) is 4.80. The van der Waals surface area contributed by atoms with Gasteiger partial charge < -0.3 is 23.9 Å². The number of methoxy groups -OCH3 is 2. The van der Waals surface area contributed by atoms with E-state index in [1.807, 2.05) is 42.5 Å². The van der Waals surface area contributed by atoms with Crippen molar-refractivity contribution in [3.63, 3.8) is 0 Å². The molecule has 3 aromatic carbocycles. The molecule has 0 saturated heterocycles. The molecule has 0 fully saturated rings. The third kappa shape index (κ3) is 4.98. The first kappa shape index (κ1) is 20.8. The van der Waals surface area contributed by atoms with E-state index < -0.39 is 6.10 Å². The fourth-order valence-electron chi connectivity index (χ4n) is 3.56. The molecule has 0 aliphatic heterocycles. The molecular formula is C25H26N2O4. The lowest BCUT2D eigenvalue weighted by molar-refractivity contribution is 0.0925. The molecule has 6 heteroatoms. The van der Waals surface area contributed by atoms with Crippen LogP contribution < -0.4 is 14.2 Å². The van der Waals surface area contributed by atoms with E-state index in [-0.39, 0.29) is 6.61 Å². The van der Waals surface area contributed by atoms with Crippen molar-refractivity contribution in [2.24, 2.45) is 0 Å². The Labute approximate surface area is 181 Å². The van der Waals surface area contributed by atoms with Crippen LogP contribution in [0, 0.1) is 0 Å². The van der Waals surface area contributed by atoms with Gasteiger partial charge in [-0.2, -0.15) is 0 Å². The van der Waals surface area contributed by atoms with Crippen molar-refractivity contribution in [1.82, 2.24) is 9.55 Å². The fourth-order valence-corrected chi connectivity index (χ4v) is 3.56. The number of rotatable bonds is 9. The van der Waals surface area contributed by atoms with Crippen LogP contribution in [0.15, 0.2) is 72.8 Å². The molecule has 0 spiro atoms. The molecule has 0 saturated carbocycles. The fraction of sp³-hybridized carbons (Fsp3) is 0.240.